The first kappa shape index (κ1) is 10.2. The highest BCUT2D eigenvalue weighted by Crippen LogP contribution is 2.28. The molecule has 0 unspecified atom stereocenters. The Balaban J connectivity index is 2.60. The second-order valence-electron chi connectivity index (χ2n) is 3.14. The first-order valence-electron chi connectivity index (χ1n) is 4.42. The van der Waals surface area contributed by atoms with E-state index in [1.54, 1.807) is 18.2 Å². The number of hydrogen-bond donors (Lipinski definition) is 1. The molecule has 0 bridgehead atoms. The molecule has 0 radical (unpaired) electrons. The fourth-order valence-corrected chi connectivity index (χ4v) is 1.73. The third kappa shape index (κ3) is 2.02. The SMILES string of the molecule is Fc1ccc(-c2ccccc2F)c(S)c1. The molecule has 0 fully saturated rings. The Bertz CT molecular complexity index is 495. The van der Waals surface area contributed by atoms with E-state index in [9.17, 15) is 8.78 Å². The van der Waals surface area contributed by atoms with Gasteiger partial charge < -0.3 is 0 Å². The molecule has 0 aliphatic carbocycles. The van der Waals surface area contributed by atoms with Gasteiger partial charge in [-0.2, -0.15) is 0 Å². The molecule has 76 valence electrons. The summed E-state index contributed by atoms with van der Waals surface area (Å²) in [5.41, 5.74) is 1.03. The van der Waals surface area contributed by atoms with Crippen LogP contribution in [0.2, 0.25) is 0 Å². The van der Waals surface area contributed by atoms with E-state index >= 15 is 0 Å². The van der Waals surface area contributed by atoms with Crippen molar-refractivity contribution in [2.75, 3.05) is 0 Å². The monoisotopic (exact) mass is 222 g/mol. The average molecular weight is 222 g/mol. The Hall–Kier alpha value is -1.35. The largest absolute Gasteiger partial charge is 0.207 e. The zero-order valence-corrected chi connectivity index (χ0v) is 8.64. The molecule has 0 saturated heterocycles. The molecular formula is C12H8F2S. The molecule has 0 saturated carbocycles. The van der Waals surface area contributed by atoms with Crippen LogP contribution >= 0.6 is 12.6 Å². The van der Waals surface area contributed by atoms with Gasteiger partial charge in [0.05, 0.1) is 0 Å². The molecule has 0 amide bonds. The quantitative estimate of drug-likeness (QED) is 0.694. The van der Waals surface area contributed by atoms with Gasteiger partial charge in [-0.05, 0) is 23.8 Å². The van der Waals surface area contributed by atoms with Crippen molar-refractivity contribution in [1.29, 1.82) is 0 Å². The fraction of sp³-hybridized carbons (Fsp3) is 0. The van der Waals surface area contributed by atoms with E-state index in [0.717, 1.165) is 0 Å². The Morgan fingerprint density at radius 3 is 2.27 bits per heavy atom. The van der Waals surface area contributed by atoms with Crippen LogP contribution in [-0.4, -0.2) is 0 Å². The maximum Gasteiger partial charge on any atom is 0.131 e. The summed E-state index contributed by atoms with van der Waals surface area (Å²) in [6.07, 6.45) is 0. The number of rotatable bonds is 1. The molecule has 0 heterocycles. The summed E-state index contributed by atoms with van der Waals surface area (Å²) in [5.74, 6) is -0.709. The van der Waals surface area contributed by atoms with Gasteiger partial charge in [-0.3, -0.25) is 0 Å². The molecule has 15 heavy (non-hydrogen) atoms. The van der Waals surface area contributed by atoms with Gasteiger partial charge >= 0.3 is 0 Å². The van der Waals surface area contributed by atoms with Gasteiger partial charge in [-0.15, -0.1) is 12.6 Å². The first-order valence-corrected chi connectivity index (χ1v) is 4.86. The summed E-state index contributed by atoms with van der Waals surface area (Å²) in [7, 11) is 0. The van der Waals surface area contributed by atoms with Gasteiger partial charge in [0.2, 0.25) is 0 Å². The Morgan fingerprint density at radius 2 is 1.60 bits per heavy atom. The van der Waals surface area contributed by atoms with Gasteiger partial charge in [0.25, 0.3) is 0 Å². The number of benzene rings is 2. The zero-order chi connectivity index (χ0) is 10.8. The summed E-state index contributed by atoms with van der Waals surface area (Å²) in [6.45, 7) is 0. The third-order valence-corrected chi connectivity index (χ3v) is 2.49. The summed E-state index contributed by atoms with van der Waals surface area (Å²) in [5, 5.41) is 0. The van der Waals surface area contributed by atoms with Crippen molar-refractivity contribution < 1.29 is 8.78 Å². The minimum absolute atomic E-state index is 0.334. The topological polar surface area (TPSA) is 0 Å². The van der Waals surface area contributed by atoms with Crippen LogP contribution in [0.3, 0.4) is 0 Å². The van der Waals surface area contributed by atoms with E-state index in [1.807, 2.05) is 0 Å². The van der Waals surface area contributed by atoms with Crippen molar-refractivity contribution in [3.63, 3.8) is 0 Å². The van der Waals surface area contributed by atoms with Crippen LogP contribution in [-0.2, 0) is 0 Å². The van der Waals surface area contributed by atoms with Gasteiger partial charge in [0.15, 0.2) is 0 Å². The first-order chi connectivity index (χ1) is 7.18. The van der Waals surface area contributed by atoms with Gasteiger partial charge in [0, 0.05) is 10.5 Å². The number of halogens is 2. The second-order valence-corrected chi connectivity index (χ2v) is 3.62. The summed E-state index contributed by atoms with van der Waals surface area (Å²) in [6, 6.07) is 10.4. The molecule has 2 aromatic carbocycles. The standard InChI is InChI=1S/C12H8F2S/c13-8-5-6-10(12(15)7-8)9-3-1-2-4-11(9)14/h1-7,15H. The van der Waals surface area contributed by atoms with E-state index in [-0.39, 0.29) is 11.6 Å². The Morgan fingerprint density at radius 1 is 0.867 bits per heavy atom. The van der Waals surface area contributed by atoms with Crippen molar-refractivity contribution in [1.82, 2.24) is 0 Å². The van der Waals surface area contributed by atoms with Crippen LogP contribution in [0.1, 0.15) is 0 Å². The van der Waals surface area contributed by atoms with E-state index in [1.165, 1.54) is 24.3 Å². The van der Waals surface area contributed by atoms with E-state index in [4.69, 9.17) is 0 Å². The van der Waals surface area contributed by atoms with Crippen LogP contribution in [0.5, 0.6) is 0 Å². The number of thiol groups is 1. The molecule has 0 spiro atoms. The van der Waals surface area contributed by atoms with Crippen LogP contribution in [0, 0.1) is 11.6 Å². The summed E-state index contributed by atoms with van der Waals surface area (Å²) < 4.78 is 26.2. The molecule has 0 aromatic heterocycles. The lowest BCUT2D eigenvalue weighted by molar-refractivity contribution is 0.622. The highest BCUT2D eigenvalue weighted by atomic mass is 32.1. The van der Waals surface area contributed by atoms with Crippen molar-refractivity contribution in [3.8, 4) is 11.1 Å². The molecule has 0 aliphatic heterocycles. The lowest BCUT2D eigenvalue weighted by Crippen LogP contribution is -1.86. The van der Waals surface area contributed by atoms with Crippen LogP contribution in [0.4, 0.5) is 8.78 Å². The second kappa shape index (κ2) is 4.03. The highest BCUT2D eigenvalue weighted by molar-refractivity contribution is 7.80. The predicted octanol–water partition coefficient (Wildman–Crippen LogP) is 3.92. The molecule has 0 atom stereocenters. The van der Waals surface area contributed by atoms with Crippen LogP contribution < -0.4 is 0 Å². The molecule has 0 nitrogen and oxygen atoms in total. The van der Waals surface area contributed by atoms with Gasteiger partial charge in [-0.25, -0.2) is 8.78 Å². The summed E-state index contributed by atoms with van der Waals surface area (Å²) >= 11 is 4.12. The maximum absolute atomic E-state index is 13.4. The Labute approximate surface area is 92.0 Å². The maximum atomic E-state index is 13.4. The normalized spacial score (nSPS) is 10.3. The minimum atomic E-state index is -0.375. The van der Waals surface area contributed by atoms with Gasteiger partial charge in [0.1, 0.15) is 11.6 Å². The third-order valence-electron chi connectivity index (χ3n) is 2.12. The fourth-order valence-electron chi connectivity index (χ4n) is 1.41. The van der Waals surface area contributed by atoms with E-state index in [2.05, 4.69) is 12.6 Å². The molecular weight excluding hydrogens is 214 g/mol. The van der Waals surface area contributed by atoms with Crippen molar-refractivity contribution in [2.45, 2.75) is 4.90 Å². The average Bonchev–Trinajstić information content (AvgIpc) is 2.20. The van der Waals surface area contributed by atoms with Crippen molar-refractivity contribution in [2.24, 2.45) is 0 Å². The van der Waals surface area contributed by atoms with Crippen molar-refractivity contribution >= 4 is 12.6 Å². The predicted molar refractivity (Wildman–Crippen MR) is 59.0 cm³/mol. The molecule has 0 aliphatic rings. The van der Waals surface area contributed by atoms with Crippen LogP contribution in [0.25, 0.3) is 11.1 Å². The smallest absolute Gasteiger partial charge is 0.131 e. The molecule has 0 N–H and O–H groups in total. The molecule has 2 aromatic rings. The lowest BCUT2D eigenvalue weighted by Gasteiger charge is -2.06. The lowest BCUT2D eigenvalue weighted by atomic mass is 10.1. The van der Waals surface area contributed by atoms with E-state index in [0.29, 0.717) is 16.0 Å². The minimum Gasteiger partial charge on any atom is -0.207 e. The molecule has 3 heteroatoms. The highest BCUT2D eigenvalue weighted by Gasteiger charge is 2.07. The van der Waals surface area contributed by atoms with Gasteiger partial charge in [-0.1, -0.05) is 24.3 Å². The number of hydrogen-bond acceptors (Lipinski definition) is 1. The zero-order valence-electron chi connectivity index (χ0n) is 7.74. The van der Waals surface area contributed by atoms with E-state index < -0.39 is 0 Å². The molecule has 2 rings (SSSR count). The van der Waals surface area contributed by atoms with Crippen LogP contribution in [0.15, 0.2) is 47.4 Å². The Kier molecular flexibility index (Phi) is 2.73. The van der Waals surface area contributed by atoms with Crippen molar-refractivity contribution in [3.05, 3.63) is 54.1 Å². The summed E-state index contributed by atoms with van der Waals surface area (Å²) in [4.78, 5) is 0.431.